The fourth-order valence-corrected chi connectivity index (χ4v) is 2.95. The first kappa shape index (κ1) is 21.6. The standard InChI is InChI=1S/C22H20N2O7/c1-13-6-4-5-7-16(13)24-21(27)15(20(26)23-22(24)28)10-14-8-9-17(18(11-14)29-2)31-12-19(25)30-3/h4-11H,12H2,1-3H3,(H,23,26,28)/b15-10+. The number of esters is 1. The van der Waals surface area contributed by atoms with Gasteiger partial charge in [-0.1, -0.05) is 24.3 Å². The van der Waals surface area contributed by atoms with Crippen molar-refractivity contribution in [1.29, 1.82) is 0 Å². The van der Waals surface area contributed by atoms with E-state index in [2.05, 4.69) is 10.1 Å². The smallest absolute Gasteiger partial charge is 0.343 e. The molecule has 1 N–H and O–H groups in total. The van der Waals surface area contributed by atoms with Crippen LogP contribution in [-0.4, -0.2) is 44.6 Å². The van der Waals surface area contributed by atoms with Gasteiger partial charge in [0.05, 0.1) is 19.9 Å². The van der Waals surface area contributed by atoms with Gasteiger partial charge in [0.2, 0.25) is 0 Å². The molecule has 31 heavy (non-hydrogen) atoms. The Bertz CT molecular complexity index is 1090. The van der Waals surface area contributed by atoms with Crippen molar-refractivity contribution in [3.8, 4) is 11.5 Å². The lowest BCUT2D eigenvalue weighted by Crippen LogP contribution is -2.54. The number of anilines is 1. The third-order valence-electron chi connectivity index (χ3n) is 4.53. The number of carbonyl (C=O) groups is 4. The molecule has 0 atom stereocenters. The summed E-state index contributed by atoms with van der Waals surface area (Å²) in [7, 11) is 2.66. The van der Waals surface area contributed by atoms with Gasteiger partial charge >= 0.3 is 12.0 Å². The summed E-state index contributed by atoms with van der Waals surface area (Å²) in [5.74, 6) is -1.53. The molecule has 160 valence electrons. The molecule has 1 saturated heterocycles. The van der Waals surface area contributed by atoms with E-state index in [0.717, 1.165) is 4.90 Å². The van der Waals surface area contributed by atoms with Gasteiger partial charge in [-0.05, 0) is 42.3 Å². The van der Waals surface area contributed by atoms with Gasteiger partial charge in [0, 0.05) is 0 Å². The van der Waals surface area contributed by atoms with E-state index in [9.17, 15) is 19.2 Å². The van der Waals surface area contributed by atoms with Crippen molar-refractivity contribution >= 4 is 35.6 Å². The van der Waals surface area contributed by atoms with Gasteiger partial charge in [0.25, 0.3) is 11.8 Å². The van der Waals surface area contributed by atoms with E-state index in [1.807, 2.05) is 0 Å². The van der Waals surface area contributed by atoms with Gasteiger partial charge in [0.1, 0.15) is 5.57 Å². The topological polar surface area (TPSA) is 111 Å². The Morgan fingerprint density at radius 3 is 2.48 bits per heavy atom. The lowest BCUT2D eigenvalue weighted by atomic mass is 10.1. The predicted octanol–water partition coefficient (Wildman–Crippen LogP) is 2.22. The first-order valence-electron chi connectivity index (χ1n) is 9.20. The maximum absolute atomic E-state index is 13.0. The van der Waals surface area contributed by atoms with Gasteiger partial charge < -0.3 is 14.2 Å². The number of benzene rings is 2. The van der Waals surface area contributed by atoms with Gasteiger partial charge in [0.15, 0.2) is 18.1 Å². The number of aryl methyl sites for hydroxylation is 1. The second-order valence-electron chi connectivity index (χ2n) is 6.52. The Morgan fingerprint density at radius 1 is 1.06 bits per heavy atom. The minimum atomic E-state index is -0.814. The molecular formula is C22H20N2O7. The van der Waals surface area contributed by atoms with Crippen molar-refractivity contribution in [3.63, 3.8) is 0 Å². The first-order valence-corrected chi connectivity index (χ1v) is 9.20. The summed E-state index contributed by atoms with van der Waals surface area (Å²) in [5, 5.41) is 2.19. The van der Waals surface area contributed by atoms with E-state index in [0.29, 0.717) is 16.8 Å². The number of para-hydroxylation sites is 1. The molecule has 0 radical (unpaired) electrons. The van der Waals surface area contributed by atoms with E-state index < -0.39 is 23.8 Å². The predicted molar refractivity (Wildman–Crippen MR) is 111 cm³/mol. The van der Waals surface area contributed by atoms with Crippen LogP contribution >= 0.6 is 0 Å². The van der Waals surface area contributed by atoms with Crippen molar-refractivity contribution < 1.29 is 33.4 Å². The van der Waals surface area contributed by atoms with Crippen molar-refractivity contribution in [2.75, 3.05) is 25.7 Å². The summed E-state index contributed by atoms with van der Waals surface area (Å²) in [4.78, 5) is 49.9. The zero-order valence-electron chi connectivity index (χ0n) is 17.1. The fraction of sp³-hybridized carbons (Fsp3) is 0.182. The number of rotatable bonds is 6. The largest absolute Gasteiger partial charge is 0.493 e. The number of imide groups is 2. The van der Waals surface area contributed by atoms with Crippen LogP contribution in [0.5, 0.6) is 11.5 Å². The summed E-state index contributed by atoms with van der Waals surface area (Å²) in [6.07, 6.45) is 1.35. The Balaban J connectivity index is 1.93. The number of carbonyl (C=O) groups excluding carboxylic acids is 4. The average molecular weight is 424 g/mol. The quantitative estimate of drug-likeness (QED) is 0.430. The summed E-state index contributed by atoms with van der Waals surface area (Å²) in [5.41, 5.74) is 1.33. The number of hydrogen-bond acceptors (Lipinski definition) is 7. The molecule has 1 heterocycles. The highest BCUT2D eigenvalue weighted by atomic mass is 16.6. The van der Waals surface area contributed by atoms with Crippen LogP contribution in [0.4, 0.5) is 10.5 Å². The third-order valence-corrected chi connectivity index (χ3v) is 4.53. The Hall–Kier alpha value is -4.14. The highest BCUT2D eigenvalue weighted by Gasteiger charge is 2.37. The molecule has 0 saturated carbocycles. The Morgan fingerprint density at radius 2 is 1.81 bits per heavy atom. The van der Waals surface area contributed by atoms with Gasteiger partial charge in [-0.25, -0.2) is 14.5 Å². The number of nitrogens with zero attached hydrogens (tertiary/aromatic N) is 1. The van der Waals surface area contributed by atoms with Crippen LogP contribution < -0.4 is 19.7 Å². The molecule has 0 aromatic heterocycles. The average Bonchev–Trinajstić information content (AvgIpc) is 2.76. The maximum atomic E-state index is 13.0. The lowest BCUT2D eigenvalue weighted by Gasteiger charge is -2.27. The van der Waals surface area contributed by atoms with Crippen LogP contribution in [0.25, 0.3) is 6.08 Å². The molecule has 3 rings (SSSR count). The Labute approximate surface area is 178 Å². The van der Waals surface area contributed by atoms with Gasteiger partial charge in [-0.15, -0.1) is 0 Å². The second-order valence-corrected chi connectivity index (χ2v) is 6.52. The minimum absolute atomic E-state index is 0.215. The number of methoxy groups -OCH3 is 2. The van der Waals surface area contributed by atoms with Crippen molar-refractivity contribution in [1.82, 2.24) is 5.32 Å². The van der Waals surface area contributed by atoms with Crippen LogP contribution in [0.2, 0.25) is 0 Å². The normalized spacial score (nSPS) is 15.0. The number of nitrogens with one attached hydrogen (secondary N) is 1. The third kappa shape index (κ3) is 4.55. The maximum Gasteiger partial charge on any atom is 0.343 e. The highest BCUT2D eigenvalue weighted by Crippen LogP contribution is 2.30. The summed E-state index contributed by atoms with van der Waals surface area (Å²) in [6, 6.07) is 10.7. The molecule has 1 aliphatic rings. The number of urea groups is 1. The van der Waals surface area contributed by atoms with Crippen LogP contribution in [0, 0.1) is 6.92 Å². The molecule has 9 heteroatoms. The molecule has 9 nitrogen and oxygen atoms in total. The molecule has 1 fully saturated rings. The van der Waals surface area contributed by atoms with E-state index in [1.165, 1.54) is 32.4 Å². The summed E-state index contributed by atoms with van der Waals surface area (Å²) in [6.45, 7) is 1.45. The monoisotopic (exact) mass is 424 g/mol. The molecular weight excluding hydrogens is 404 g/mol. The highest BCUT2D eigenvalue weighted by molar-refractivity contribution is 6.39. The van der Waals surface area contributed by atoms with Crippen molar-refractivity contribution in [2.24, 2.45) is 0 Å². The van der Waals surface area contributed by atoms with E-state index in [-0.39, 0.29) is 23.7 Å². The van der Waals surface area contributed by atoms with Gasteiger partial charge in [-0.2, -0.15) is 0 Å². The first-order chi connectivity index (χ1) is 14.8. The molecule has 0 unspecified atom stereocenters. The zero-order chi connectivity index (χ0) is 22.5. The number of barbiturate groups is 1. The van der Waals surface area contributed by atoms with Crippen LogP contribution in [0.1, 0.15) is 11.1 Å². The van der Waals surface area contributed by atoms with Crippen LogP contribution in [0.15, 0.2) is 48.0 Å². The second kappa shape index (κ2) is 9.12. The molecule has 0 spiro atoms. The molecule has 0 aliphatic carbocycles. The molecule has 0 bridgehead atoms. The van der Waals surface area contributed by atoms with Gasteiger partial charge in [-0.3, -0.25) is 14.9 Å². The zero-order valence-corrected chi connectivity index (χ0v) is 17.1. The van der Waals surface area contributed by atoms with Crippen LogP contribution in [-0.2, 0) is 19.1 Å². The molecule has 4 amide bonds. The van der Waals surface area contributed by atoms with E-state index in [1.54, 1.807) is 37.3 Å². The van der Waals surface area contributed by atoms with E-state index in [4.69, 9.17) is 9.47 Å². The van der Waals surface area contributed by atoms with Crippen molar-refractivity contribution in [2.45, 2.75) is 6.92 Å². The summed E-state index contributed by atoms with van der Waals surface area (Å²) >= 11 is 0. The number of amides is 4. The fourth-order valence-electron chi connectivity index (χ4n) is 2.95. The number of hydrogen-bond donors (Lipinski definition) is 1. The molecule has 2 aromatic rings. The SMILES string of the molecule is COC(=O)COc1ccc(/C=C2\C(=O)NC(=O)N(c3ccccc3C)C2=O)cc1OC. The minimum Gasteiger partial charge on any atom is -0.493 e. The molecule has 1 aliphatic heterocycles. The van der Waals surface area contributed by atoms with Crippen LogP contribution in [0.3, 0.4) is 0 Å². The summed E-state index contributed by atoms with van der Waals surface area (Å²) < 4.78 is 15.1. The lowest BCUT2D eigenvalue weighted by molar-refractivity contribution is -0.143. The molecule has 2 aromatic carbocycles. The van der Waals surface area contributed by atoms with E-state index >= 15 is 0 Å². The Kier molecular flexibility index (Phi) is 6.35. The van der Waals surface area contributed by atoms with Crippen molar-refractivity contribution in [3.05, 3.63) is 59.2 Å². The number of ether oxygens (including phenoxy) is 3.